The molecule has 3 N–H and O–H groups in total. The van der Waals surface area contributed by atoms with Crippen molar-refractivity contribution in [2.45, 2.75) is 13.0 Å². The highest BCUT2D eigenvalue weighted by Gasteiger charge is 2.01. The van der Waals surface area contributed by atoms with E-state index in [1.54, 1.807) is 20.4 Å². The number of aromatic nitrogens is 2. The maximum Gasteiger partial charge on any atom is 0.191 e. The van der Waals surface area contributed by atoms with E-state index < -0.39 is 0 Å². The molecule has 0 spiro atoms. The van der Waals surface area contributed by atoms with E-state index in [-0.39, 0.29) is 24.0 Å². The van der Waals surface area contributed by atoms with E-state index in [1.807, 2.05) is 6.07 Å². The summed E-state index contributed by atoms with van der Waals surface area (Å²) in [6, 6.07) is 1.93. The molecule has 0 fully saturated rings. The molecule has 21 heavy (non-hydrogen) atoms. The average molecular weight is 410 g/mol. The molecule has 0 bridgehead atoms. The Bertz CT molecular complexity index is 371. The van der Waals surface area contributed by atoms with Crippen LogP contribution in [0.3, 0.4) is 0 Å². The number of aromatic amines is 1. The minimum absolute atomic E-state index is 0. The summed E-state index contributed by atoms with van der Waals surface area (Å²) in [6.45, 7) is 4.35. The summed E-state index contributed by atoms with van der Waals surface area (Å²) in [5.74, 6) is 0.796. The van der Waals surface area contributed by atoms with E-state index in [0.29, 0.717) is 6.54 Å². The van der Waals surface area contributed by atoms with Crippen LogP contribution in [-0.2, 0) is 11.3 Å². The van der Waals surface area contributed by atoms with Gasteiger partial charge in [-0.05, 0) is 19.5 Å². The van der Waals surface area contributed by atoms with Crippen LogP contribution in [0.4, 0.5) is 0 Å². The molecule has 1 aromatic rings. The topological polar surface area (TPSA) is 77.6 Å². The summed E-state index contributed by atoms with van der Waals surface area (Å²) in [4.78, 5) is 6.45. The summed E-state index contributed by atoms with van der Waals surface area (Å²) in [6.07, 6.45) is 2.79. The highest BCUT2D eigenvalue weighted by molar-refractivity contribution is 14.0. The van der Waals surface area contributed by atoms with Crippen molar-refractivity contribution in [2.24, 2.45) is 4.99 Å². The standard InChI is InChI=1S/C13H26N6O.HI/c1-14-13(16-11-12-5-6-17-18-12)15-7-9-19(2)8-4-10-20-3;/h5-6H,4,7-11H2,1-3H3,(H,17,18)(H2,14,15,16);1H. The molecule has 0 aliphatic heterocycles. The van der Waals surface area contributed by atoms with Crippen LogP contribution in [0, 0.1) is 0 Å². The van der Waals surface area contributed by atoms with Gasteiger partial charge >= 0.3 is 0 Å². The maximum absolute atomic E-state index is 5.04. The third-order valence-electron chi connectivity index (χ3n) is 2.90. The molecule has 0 atom stereocenters. The van der Waals surface area contributed by atoms with Crippen molar-refractivity contribution in [3.05, 3.63) is 18.0 Å². The molecule has 1 rings (SSSR count). The van der Waals surface area contributed by atoms with Crippen molar-refractivity contribution in [1.82, 2.24) is 25.7 Å². The maximum atomic E-state index is 5.04. The molecule has 122 valence electrons. The zero-order valence-corrected chi connectivity index (χ0v) is 15.4. The van der Waals surface area contributed by atoms with Crippen LogP contribution in [-0.4, -0.2) is 68.5 Å². The second kappa shape index (κ2) is 12.8. The van der Waals surface area contributed by atoms with E-state index >= 15 is 0 Å². The Labute approximate surface area is 143 Å². The minimum atomic E-state index is 0. The van der Waals surface area contributed by atoms with Crippen LogP contribution >= 0.6 is 24.0 Å². The zero-order chi connectivity index (χ0) is 14.6. The molecule has 0 amide bonds. The third-order valence-corrected chi connectivity index (χ3v) is 2.90. The van der Waals surface area contributed by atoms with Gasteiger partial charge in [-0.25, -0.2) is 0 Å². The smallest absolute Gasteiger partial charge is 0.191 e. The summed E-state index contributed by atoms with van der Waals surface area (Å²) >= 11 is 0. The van der Waals surface area contributed by atoms with Crippen LogP contribution in [0.5, 0.6) is 0 Å². The number of ether oxygens (including phenoxy) is 1. The number of hydrogen-bond acceptors (Lipinski definition) is 4. The van der Waals surface area contributed by atoms with Crippen molar-refractivity contribution in [2.75, 3.05) is 47.4 Å². The van der Waals surface area contributed by atoms with Crippen LogP contribution in [0.15, 0.2) is 17.3 Å². The highest BCUT2D eigenvalue weighted by atomic mass is 127. The lowest BCUT2D eigenvalue weighted by Gasteiger charge is -2.18. The molecule has 0 aliphatic carbocycles. The number of hydrogen-bond donors (Lipinski definition) is 3. The van der Waals surface area contributed by atoms with Crippen LogP contribution in [0.1, 0.15) is 12.1 Å². The Balaban J connectivity index is 0.00000400. The number of H-pyrrole nitrogens is 1. The number of likely N-dealkylation sites (N-methyl/N-ethyl adjacent to an activating group) is 1. The molecule has 8 heteroatoms. The van der Waals surface area contributed by atoms with Gasteiger partial charge < -0.3 is 20.3 Å². The fourth-order valence-corrected chi connectivity index (χ4v) is 1.74. The van der Waals surface area contributed by atoms with E-state index in [0.717, 1.165) is 44.3 Å². The van der Waals surface area contributed by atoms with E-state index in [4.69, 9.17) is 4.74 Å². The normalized spacial score (nSPS) is 11.3. The molecule has 0 aliphatic rings. The third kappa shape index (κ3) is 9.64. The summed E-state index contributed by atoms with van der Waals surface area (Å²) in [7, 11) is 5.61. The van der Waals surface area contributed by atoms with Gasteiger partial charge in [0.05, 0.1) is 12.2 Å². The van der Waals surface area contributed by atoms with E-state index in [9.17, 15) is 0 Å². The predicted molar refractivity (Wildman–Crippen MR) is 96.2 cm³/mol. The molecular formula is C13H27IN6O. The van der Waals surface area contributed by atoms with Gasteiger partial charge in [0.25, 0.3) is 0 Å². The minimum Gasteiger partial charge on any atom is -0.385 e. The summed E-state index contributed by atoms with van der Waals surface area (Å²) in [5.41, 5.74) is 1.03. The van der Waals surface area contributed by atoms with Gasteiger partial charge in [0.1, 0.15) is 0 Å². The number of aliphatic imine (C=N–C) groups is 1. The van der Waals surface area contributed by atoms with Crippen molar-refractivity contribution in [1.29, 1.82) is 0 Å². The Kier molecular flexibility index (Phi) is 12.3. The molecule has 1 heterocycles. The van der Waals surface area contributed by atoms with Crippen molar-refractivity contribution < 1.29 is 4.74 Å². The van der Waals surface area contributed by atoms with Crippen LogP contribution in [0.2, 0.25) is 0 Å². The van der Waals surface area contributed by atoms with Crippen molar-refractivity contribution in [3.8, 4) is 0 Å². The van der Waals surface area contributed by atoms with Gasteiger partial charge in [-0.1, -0.05) is 0 Å². The highest BCUT2D eigenvalue weighted by Crippen LogP contribution is 1.90. The monoisotopic (exact) mass is 410 g/mol. The van der Waals surface area contributed by atoms with Gasteiger partial charge in [-0.2, -0.15) is 5.10 Å². The fourth-order valence-electron chi connectivity index (χ4n) is 1.74. The lowest BCUT2D eigenvalue weighted by Crippen LogP contribution is -2.40. The molecular weight excluding hydrogens is 383 g/mol. The molecule has 0 aromatic carbocycles. The first-order chi connectivity index (χ1) is 9.76. The SMILES string of the molecule is CN=C(NCCN(C)CCCOC)NCc1ccn[nH]1.I. The molecule has 0 radical (unpaired) electrons. The Morgan fingerprint density at radius 2 is 2.24 bits per heavy atom. The number of guanidine groups is 1. The first-order valence-corrected chi connectivity index (χ1v) is 6.86. The van der Waals surface area contributed by atoms with Gasteiger partial charge in [-0.15, -0.1) is 24.0 Å². The zero-order valence-electron chi connectivity index (χ0n) is 13.1. The first kappa shape index (κ1) is 20.1. The van der Waals surface area contributed by atoms with Crippen molar-refractivity contribution >= 4 is 29.9 Å². The van der Waals surface area contributed by atoms with E-state index in [2.05, 4.69) is 37.8 Å². The Morgan fingerprint density at radius 1 is 1.43 bits per heavy atom. The average Bonchev–Trinajstić information content (AvgIpc) is 2.96. The van der Waals surface area contributed by atoms with Gasteiger partial charge in [0.15, 0.2) is 5.96 Å². The largest absolute Gasteiger partial charge is 0.385 e. The number of halogens is 1. The summed E-state index contributed by atoms with van der Waals surface area (Å²) in [5, 5.41) is 13.3. The Hall–Kier alpha value is -0.870. The molecule has 0 saturated heterocycles. The number of nitrogens with one attached hydrogen (secondary N) is 3. The second-order valence-electron chi connectivity index (χ2n) is 4.58. The number of methoxy groups -OCH3 is 1. The van der Waals surface area contributed by atoms with Crippen molar-refractivity contribution in [3.63, 3.8) is 0 Å². The first-order valence-electron chi connectivity index (χ1n) is 6.86. The second-order valence-corrected chi connectivity index (χ2v) is 4.58. The fraction of sp³-hybridized carbons (Fsp3) is 0.692. The lowest BCUT2D eigenvalue weighted by atomic mass is 10.4. The summed E-state index contributed by atoms with van der Waals surface area (Å²) < 4.78 is 5.04. The van der Waals surface area contributed by atoms with Crippen LogP contribution in [0.25, 0.3) is 0 Å². The number of nitrogens with zero attached hydrogens (tertiary/aromatic N) is 3. The van der Waals surface area contributed by atoms with Crippen LogP contribution < -0.4 is 10.6 Å². The van der Waals surface area contributed by atoms with E-state index in [1.165, 1.54) is 0 Å². The Morgan fingerprint density at radius 3 is 2.86 bits per heavy atom. The molecule has 0 unspecified atom stereocenters. The molecule has 1 aromatic heterocycles. The molecule has 7 nitrogen and oxygen atoms in total. The predicted octanol–water partition coefficient (Wildman–Crippen LogP) is 0.661. The molecule has 0 saturated carbocycles. The lowest BCUT2D eigenvalue weighted by molar-refractivity contribution is 0.180. The van der Waals surface area contributed by atoms with Gasteiger partial charge in [-0.3, -0.25) is 10.1 Å². The van der Waals surface area contributed by atoms with Gasteiger partial charge in [0, 0.05) is 46.6 Å². The van der Waals surface area contributed by atoms with Gasteiger partial charge in [0.2, 0.25) is 0 Å². The quantitative estimate of drug-likeness (QED) is 0.241. The number of rotatable bonds is 9.